The van der Waals surface area contributed by atoms with Crippen LogP contribution in [-0.2, 0) is 19.1 Å². The van der Waals surface area contributed by atoms with Gasteiger partial charge in [-0.2, -0.15) is 5.26 Å². The van der Waals surface area contributed by atoms with Crippen molar-refractivity contribution < 1.29 is 28.1 Å². The van der Waals surface area contributed by atoms with Crippen molar-refractivity contribution in [1.82, 2.24) is 5.32 Å². The molecule has 0 spiro atoms. The van der Waals surface area contributed by atoms with Crippen LogP contribution < -0.4 is 5.32 Å². The van der Waals surface area contributed by atoms with Crippen molar-refractivity contribution in [1.29, 1.82) is 5.26 Å². The highest BCUT2D eigenvalue weighted by Gasteiger charge is 2.38. The van der Waals surface area contributed by atoms with Crippen molar-refractivity contribution in [3.63, 3.8) is 0 Å². The van der Waals surface area contributed by atoms with E-state index >= 15 is 0 Å². The van der Waals surface area contributed by atoms with Gasteiger partial charge in [-0.1, -0.05) is 12.1 Å². The molecule has 146 valence electrons. The highest BCUT2D eigenvalue weighted by molar-refractivity contribution is 5.99. The topological polar surface area (TPSA) is 132 Å². The van der Waals surface area contributed by atoms with Crippen LogP contribution in [0.3, 0.4) is 0 Å². The van der Waals surface area contributed by atoms with Gasteiger partial charge in [-0.3, -0.25) is 10.1 Å². The van der Waals surface area contributed by atoms with Crippen molar-refractivity contribution in [2.24, 2.45) is 0 Å². The standard InChI is InChI=1S/C19H19N3O6/c1-11-15(18(23)27-3)17(13-6-4-7-14(10-13)22(25)26)16(12(2)21-11)19(24)28-9-5-8-20/h4,6-7,10,17,21H,5,9H2,1-3H3/i3D3. The Morgan fingerprint density at radius 2 is 2.00 bits per heavy atom. The number of allylic oxidation sites excluding steroid dienone is 2. The molecule has 0 bridgehead atoms. The van der Waals surface area contributed by atoms with E-state index in [1.165, 1.54) is 31.2 Å². The lowest BCUT2D eigenvalue weighted by Crippen LogP contribution is -2.32. The molecule has 0 aromatic heterocycles. The molecule has 2 rings (SSSR count). The summed E-state index contributed by atoms with van der Waals surface area (Å²) in [5.41, 5.74) is 0.181. The highest BCUT2D eigenvalue weighted by atomic mass is 16.6. The third-order valence-electron chi connectivity index (χ3n) is 4.15. The fourth-order valence-corrected chi connectivity index (χ4v) is 3.01. The Morgan fingerprint density at radius 3 is 2.61 bits per heavy atom. The minimum absolute atomic E-state index is 0.0541. The van der Waals surface area contributed by atoms with Crippen LogP contribution in [-0.4, -0.2) is 30.5 Å². The van der Waals surface area contributed by atoms with Crippen LogP contribution in [0.25, 0.3) is 0 Å². The third kappa shape index (κ3) is 4.17. The van der Waals surface area contributed by atoms with E-state index in [0.717, 1.165) is 0 Å². The van der Waals surface area contributed by atoms with Crippen LogP contribution in [0.15, 0.2) is 46.8 Å². The Labute approximate surface area is 165 Å². The number of dihydropyridines is 1. The second-order valence-electron chi connectivity index (χ2n) is 5.92. The zero-order valence-electron chi connectivity index (χ0n) is 18.1. The molecule has 1 unspecified atom stereocenters. The van der Waals surface area contributed by atoms with Gasteiger partial charge in [0.25, 0.3) is 5.69 Å². The van der Waals surface area contributed by atoms with Crippen LogP contribution in [0.5, 0.6) is 0 Å². The summed E-state index contributed by atoms with van der Waals surface area (Å²) in [6.45, 7) is 2.83. The monoisotopic (exact) mass is 388 g/mol. The second kappa shape index (κ2) is 8.81. The normalized spacial score (nSPS) is 18.2. The highest BCUT2D eigenvalue weighted by Crippen LogP contribution is 2.40. The number of benzene rings is 1. The Hall–Kier alpha value is -3.67. The lowest BCUT2D eigenvalue weighted by atomic mass is 9.80. The molecular weight excluding hydrogens is 366 g/mol. The number of methoxy groups -OCH3 is 1. The van der Waals surface area contributed by atoms with Crippen molar-refractivity contribution in [3.05, 3.63) is 62.5 Å². The van der Waals surface area contributed by atoms with Crippen LogP contribution >= 0.6 is 0 Å². The molecule has 0 saturated heterocycles. The van der Waals surface area contributed by atoms with E-state index in [-0.39, 0.29) is 41.1 Å². The van der Waals surface area contributed by atoms with E-state index in [2.05, 4.69) is 10.1 Å². The first-order valence-corrected chi connectivity index (χ1v) is 8.16. The molecule has 1 atom stereocenters. The smallest absolute Gasteiger partial charge is 0.336 e. The summed E-state index contributed by atoms with van der Waals surface area (Å²) < 4.78 is 31.3. The number of hydrogen-bond acceptors (Lipinski definition) is 8. The molecule has 0 radical (unpaired) electrons. The van der Waals surface area contributed by atoms with Gasteiger partial charge in [-0.15, -0.1) is 0 Å². The van der Waals surface area contributed by atoms with Gasteiger partial charge in [0.2, 0.25) is 0 Å². The Balaban J connectivity index is 2.64. The number of carbonyl (C=O) groups excluding carboxylic acids is 2. The number of nitrogens with zero attached hydrogens (tertiary/aromatic N) is 2. The maximum absolute atomic E-state index is 12.8. The van der Waals surface area contributed by atoms with Crippen molar-refractivity contribution in [2.45, 2.75) is 26.2 Å². The van der Waals surface area contributed by atoms with Crippen molar-refractivity contribution in [2.75, 3.05) is 13.6 Å². The molecule has 28 heavy (non-hydrogen) atoms. The summed E-state index contributed by atoms with van der Waals surface area (Å²) >= 11 is 0. The Morgan fingerprint density at radius 1 is 1.32 bits per heavy atom. The number of nitro benzene ring substituents is 1. The molecule has 0 amide bonds. The fourth-order valence-electron chi connectivity index (χ4n) is 3.01. The number of rotatable bonds is 6. The van der Waals surface area contributed by atoms with Crippen LogP contribution in [0.1, 0.15) is 35.9 Å². The zero-order chi connectivity index (χ0) is 23.3. The van der Waals surface area contributed by atoms with Gasteiger partial charge in [0.15, 0.2) is 0 Å². The average Bonchev–Trinajstić information content (AvgIpc) is 2.66. The first-order chi connectivity index (χ1) is 14.5. The number of nitro groups is 1. The first-order valence-electron chi connectivity index (χ1n) is 9.66. The van der Waals surface area contributed by atoms with E-state index in [1.54, 1.807) is 6.92 Å². The van der Waals surface area contributed by atoms with Gasteiger partial charge in [0.1, 0.15) is 6.61 Å². The van der Waals surface area contributed by atoms with E-state index in [1.807, 2.05) is 6.07 Å². The first kappa shape index (κ1) is 16.5. The summed E-state index contributed by atoms with van der Waals surface area (Å²) in [6, 6.07) is 7.10. The molecule has 0 aliphatic carbocycles. The minimum Gasteiger partial charge on any atom is -0.466 e. The quantitative estimate of drug-likeness (QED) is 0.340. The van der Waals surface area contributed by atoms with Gasteiger partial charge >= 0.3 is 11.9 Å². The maximum atomic E-state index is 12.8. The largest absolute Gasteiger partial charge is 0.466 e. The SMILES string of the molecule is [2H]C([2H])([2H])OC(=O)C1=C(C)NC(C)=C(C(=O)OCCC#N)C1c1cccc([N+](=O)[O-])c1. The summed E-state index contributed by atoms with van der Waals surface area (Å²) in [5.74, 6) is -3.26. The summed E-state index contributed by atoms with van der Waals surface area (Å²) in [4.78, 5) is 36.1. The van der Waals surface area contributed by atoms with Gasteiger partial charge in [-0.25, -0.2) is 9.59 Å². The van der Waals surface area contributed by atoms with E-state index in [0.29, 0.717) is 5.70 Å². The summed E-state index contributed by atoms with van der Waals surface area (Å²) in [5, 5.41) is 22.7. The number of ether oxygens (including phenoxy) is 2. The van der Waals surface area contributed by atoms with Gasteiger partial charge in [0, 0.05) is 23.5 Å². The molecule has 0 saturated carbocycles. The summed E-state index contributed by atoms with van der Waals surface area (Å²) in [7, 11) is -3.04. The number of carbonyl (C=O) groups is 2. The number of esters is 2. The lowest BCUT2D eigenvalue weighted by Gasteiger charge is -2.30. The minimum atomic E-state index is -3.04. The molecule has 1 aliphatic rings. The molecule has 1 aromatic carbocycles. The predicted octanol–water partition coefficient (Wildman–Crippen LogP) is 2.46. The lowest BCUT2D eigenvalue weighted by molar-refractivity contribution is -0.384. The molecule has 1 heterocycles. The van der Waals surface area contributed by atoms with Crippen molar-refractivity contribution >= 4 is 17.6 Å². The molecule has 0 fully saturated rings. The van der Waals surface area contributed by atoms with Crippen LogP contribution in [0.2, 0.25) is 0 Å². The zero-order valence-corrected chi connectivity index (χ0v) is 15.1. The van der Waals surface area contributed by atoms with Gasteiger partial charge < -0.3 is 14.8 Å². The Bertz CT molecular complexity index is 1020. The van der Waals surface area contributed by atoms with E-state index in [9.17, 15) is 19.7 Å². The molecule has 9 nitrogen and oxygen atoms in total. The summed E-state index contributed by atoms with van der Waals surface area (Å²) in [6.07, 6.45) is -0.0597. The fraction of sp³-hybridized carbons (Fsp3) is 0.316. The molecule has 1 aliphatic heterocycles. The number of nitriles is 1. The Kier molecular flexibility index (Phi) is 5.19. The van der Waals surface area contributed by atoms with Crippen LogP contribution in [0.4, 0.5) is 5.69 Å². The van der Waals surface area contributed by atoms with Crippen molar-refractivity contribution in [3.8, 4) is 6.07 Å². The molecule has 9 heteroatoms. The average molecular weight is 388 g/mol. The number of non-ortho nitro benzene ring substituents is 1. The molecule has 1 N–H and O–H groups in total. The molecule has 1 aromatic rings. The number of hydrogen-bond donors (Lipinski definition) is 1. The predicted molar refractivity (Wildman–Crippen MR) is 97.6 cm³/mol. The van der Waals surface area contributed by atoms with Gasteiger partial charge in [-0.05, 0) is 19.4 Å². The number of nitrogens with one attached hydrogen (secondary N) is 1. The van der Waals surface area contributed by atoms with Crippen LogP contribution in [0, 0.1) is 21.4 Å². The van der Waals surface area contributed by atoms with E-state index < -0.39 is 29.8 Å². The second-order valence-corrected chi connectivity index (χ2v) is 5.92. The maximum Gasteiger partial charge on any atom is 0.336 e. The van der Waals surface area contributed by atoms with Gasteiger partial charge in [0.05, 0.1) is 45.6 Å². The third-order valence-corrected chi connectivity index (χ3v) is 4.15. The van der Waals surface area contributed by atoms with E-state index in [4.69, 9.17) is 14.1 Å². The molecular formula is C19H19N3O6.